The number of amides is 2. The molecule has 9 heteroatoms. The van der Waals surface area contributed by atoms with Gasteiger partial charge in [0.25, 0.3) is 11.8 Å². The highest BCUT2D eigenvalue weighted by atomic mass is 19.1. The van der Waals surface area contributed by atoms with E-state index in [9.17, 15) is 14.0 Å². The highest BCUT2D eigenvalue weighted by Crippen LogP contribution is 2.30. The maximum atomic E-state index is 13.1. The van der Waals surface area contributed by atoms with Crippen LogP contribution in [0.3, 0.4) is 0 Å². The van der Waals surface area contributed by atoms with E-state index in [2.05, 4.69) is 15.8 Å². The average Bonchev–Trinajstić information content (AvgIpc) is 3.22. The van der Waals surface area contributed by atoms with Crippen LogP contribution in [0.2, 0.25) is 0 Å². The molecule has 3 aromatic rings. The summed E-state index contributed by atoms with van der Waals surface area (Å²) in [5.74, 6) is -0.533. The Morgan fingerprint density at radius 1 is 1.07 bits per heavy atom. The third kappa shape index (κ3) is 3.50. The lowest BCUT2D eigenvalue weighted by molar-refractivity contribution is -0.131. The molecule has 28 heavy (non-hydrogen) atoms. The SMILES string of the molecule is O=C(NNC(=O)[C@@H]1COc2ccccc2O1)c1cncn1-c1ccc(F)cc1. The molecule has 1 aliphatic heterocycles. The van der Waals surface area contributed by atoms with Crippen LogP contribution < -0.4 is 20.3 Å². The largest absolute Gasteiger partial charge is 0.485 e. The second-order valence-corrected chi connectivity index (χ2v) is 5.93. The Kier molecular flexibility index (Phi) is 4.63. The monoisotopic (exact) mass is 382 g/mol. The zero-order chi connectivity index (χ0) is 19.5. The molecule has 0 aliphatic carbocycles. The third-order valence-electron chi connectivity index (χ3n) is 4.08. The molecule has 8 nitrogen and oxygen atoms in total. The van der Waals surface area contributed by atoms with Gasteiger partial charge in [0.15, 0.2) is 11.5 Å². The Labute approximate surface area is 158 Å². The van der Waals surface area contributed by atoms with Crippen LogP contribution in [0.5, 0.6) is 11.5 Å². The quantitative estimate of drug-likeness (QED) is 0.672. The Bertz CT molecular complexity index is 1020. The summed E-state index contributed by atoms with van der Waals surface area (Å²) in [6, 6.07) is 12.6. The van der Waals surface area contributed by atoms with Crippen LogP contribution in [-0.4, -0.2) is 34.1 Å². The smallest absolute Gasteiger partial charge is 0.288 e. The number of hydrogen-bond acceptors (Lipinski definition) is 5. The first kappa shape index (κ1) is 17.5. The number of nitrogens with one attached hydrogen (secondary N) is 2. The predicted octanol–water partition coefficient (Wildman–Crippen LogP) is 1.61. The molecule has 2 aromatic carbocycles. The van der Waals surface area contributed by atoms with Gasteiger partial charge in [-0.3, -0.25) is 25.0 Å². The summed E-state index contributed by atoms with van der Waals surface area (Å²) in [5.41, 5.74) is 5.35. The fourth-order valence-electron chi connectivity index (χ4n) is 2.68. The van der Waals surface area contributed by atoms with Crippen LogP contribution in [0.1, 0.15) is 10.5 Å². The molecule has 0 spiro atoms. The Morgan fingerprint density at radius 2 is 1.82 bits per heavy atom. The number of ether oxygens (including phenoxy) is 2. The molecule has 1 aromatic heterocycles. The fourth-order valence-corrected chi connectivity index (χ4v) is 2.68. The lowest BCUT2D eigenvalue weighted by atomic mass is 10.2. The molecule has 142 valence electrons. The number of hydrogen-bond donors (Lipinski definition) is 2. The second-order valence-electron chi connectivity index (χ2n) is 5.93. The van der Waals surface area contributed by atoms with Crippen molar-refractivity contribution in [3.8, 4) is 17.2 Å². The van der Waals surface area contributed by atoms with Crippen LogP contribution >= 0.6 is 0 Å². The number of para-hydroxylation sites is 2. The highest BCUT2D eigenvalue weighted by Gasteiger charge is 2.27. The molecule has 2 amide bonds. The number of hydrazine groups is 1. The lowest BCUT2D eigenvalue weighted by Gasteiger charge is -2.25. The van der Waals surface area contributed by atoms with E-state index in [0.29, 0.717) is 17.2 Å². The number of nitrogens with zero attached hydrogens (tertiary/aromatic N) is 2. The van der Waals surface area contributed by atoms with Gasteiger partial charge in [0.2, 0.25) is 6.10 Å². The van der Waals surface area contributed by atoms with Crippen molar-refractivity contribution >= 4 is 11.8 Å². The summed E-state index contributed by atoms with van der Waals surface area (Å²) in [6.07, 6.45) is 1.84. The molecule has 2 N–H and O–H groups in total. The molecule has 0 bridgehead atoms. The number of halogens is 1. The van der Waals surface area contributed by atoms with Gasteiger partial charge in [-0.2, -0.15) is 0 Å². The molecular formula is C19H15FN4O4. The molecule has 0 saturated carbocycles. The van der Waals surface area contributed by atoms with Gasteiger partial charge in [-0.15, -0.1) is 0 Å². The van der Waals surface area contributed by atoms with Crippen LogP contribution in [-0.2, 0) is 4.79 Å². The minimum Gasteiger partial charge on any atom is -0.485 e. The summed E-state index contributed by atoms with van der Waals surface area (Å²) in [7, 11) is 0. The van der Waals surface area contributed by atoms with E-state index >= 15 is 0 Å². The predicted molar refractivity (Wildman–Crippen MR) is 95.5 cm³/mol. The minimum atomic E-state index is -0.905. The second kappa shape index (κ2) is 7.39. The Hall–Kier alpha value is -3.88. The number of aromatic nitrogens is 2. The van der Waals surface area contributed by atoms with E-state index < -0.39 is 23.7 Å². The standard InChI is InChI=1S/C19H15FN4O4/c20-12-5-7-13(8-6-12)24-11-21-9-14(24)18(25)22-23-19(26)17-10-27-15-3-1-2-4-16(15)28-17/h1-9,11,17H,10H2,(H,22,25)(H,23,26)/t17-/m0/s1. The fraction of sp³-hybridized carbons (Fsp3) is 0.105. The van der Waals surface area contributed by atoms with Gasteiger partial charge in [0, 0.05) is 5.69 Å². The Morgan fingerprint density at radius 3 is 2.61 bits per heavy atom. The summed E-state index contributed by atoms with van der Waals surface area (Å²) < 4.78 is 25.6. The van der Waals surface area contributed by atoms with Crippen molar-refractivity contribution < 1.29 is 23.5 Å². The van der Waals surface area contributed by atoms with Crippen molar-refractivity contribution in [1.29, 1.82) is 0 Å². The molecule has 0 radical (unpaired) electrons. The first-order chi connectivity index (χ1) is 13.6. The van der Waals surface area contributed by atoms with Crippen LogP contribution in [0.15, 0.2) is 61.1 Å². The zero-order valence-corrected chi connectivity index (χ0v) is 14.5. The summed E-state index contributed by atoms with van der Waals surface area (Å²) in [4.78, 5) is 28.6. The van der Waals surface area contributed by atoms with E-state index in [-0.39, 0.29) is 12.3 Å². The van der Waals surface area contributed by atoms with Crippen LogP contribution in [0, 0.1) is 5.82 Å². The molecular weight excluding hydrogens is 367 g/mol. The van der Waals surface area contributed by atoms with Gasteiger partial charge < -0.3 is 9.47 Å². The third-order valence-corrected chi connectivity index (χ3v) is 4.08. The molecule has 0 saturated heterocycles. The van der Waals surface area contributed by atoms with Crippen molar-refractivity contribution in [1.82, 2.24) is 20.4 Å². The van der Waals surface area contributed by atoms with E-state index in [4.69, 9.17) is 9.47 Å². The van der Waals surface area contributed by atoms with Crippen molar-refractivity contribution in [2.75, 3.05) is 6.61 Å². The van der Waals surface area contributed by atoms with Gasteiger partial charge in [-0.25, -0.2) is 9.37 Å². The summed E-state index contributed by atoms with van der Waals surface area (Å²) >= 11 is 0. The molecule has 0 fully saturated rings. The van der Waals surface area contributed by atoms with Crippen molar-refractivity contribution in [2.45, 2.75) is 6.10 Å². The van der Waals surface area contributed by atoms with Gasteiger partial charge in [-0.05, 0) is 36.4 Å². The van der Waals surface area contributed by atoms with Crippen molar-refractivity contribution in [3.05, 3.63) is 72.6 Å². The van der Waals surface area contributed by atoms with Crippen LogP contribution in [0.25, 0.3) is 5.69 Å². The highest BCUT2D eigenvalue weighted by molar-refractivity contribution is 5.94. The zero-order valence-electron chi connectivity index (χ0n) is 14.5. The first-order valence-corrected chi connectivity index (χ1v) is 8.39. The van der Waals surface area contributed by atoms with Gasteiger partial charge in [0.1, 0.15) is 18.1 Å². The number of carbonyl (C=O) groups is 2. The maximum Gasteiger partial charge on any atom is 0.288 e. The lowest BCUT2D eigenvalue weighted by Crippen LogP contribution is -2.51. The van der Waals surface area contributed by atoms with Gasteiger partial charge in [0.05, 0.1) is 12.5 Å². The number of benzene rings is 2. The van der Waals surface area contributed by atoms with E-state index in [1.54, 1.807) is 24.3 Å². The number of imidazole rings is 1. The number of carbonyl (C=O) groups excluding carboxylic acids is 2. The maximum absolute atomic E-state index is 13.1. The van der Waals surface area contributed by atoms with Crippen molar-refractivity contribution in [2.24, 2.45) is 0 Å². The van der Waals surface area contributed by atoms with E-state index in [1.807, 2.05) is 0 Å². The molecule has 1 atom stereocenters. The summed E-state index contributed by atoms with van der Waals surface area (Å²) in [6.45, 7) is 0.0201. The molecule has 0 unspecified atom stereocenters. The van der Waals surface area contributed by atoms with Gasteiger partial charge in [-0.1, -0.05) is 12.1 Å². The van der Waals surface area contributed by atoms with E-state index in [1.165, 1.54) is 41.4 Å². The van der Waals surface area contributed by atoms with Gasteiger partial charge >= 0.3 is 0 Å². The van der Waals surface area contributed by atoms with Crippen molar-refractivity contribution in [3.63, 3.8) is 0 Å². The van der Waals surface area contributed by atoms with E-state index in [0.717, 1.165) is 0 Å². The number of rotatable bonds is 3. The molecule has 2 heterocycles. The average molecular weight is 382 g/mol. The van der Waals surface area contributed by atoms with Crippen LogP contribution in [0.4, 0.5) is 4.39 Å². The molecule has 1 aliphatic rings. The Balaban J connectivity index is 1.40. The molecule has 4 rings (SSSR count). The topological polar surface area (TPSA) is 94.5 Å². The minimum absolute atomic E-state index is 0.0201. The summed E-state index contributed by atoms with van der Waals surface area (Å²) in [5, 5.41) is 0. The first-order valence-electron chi connectivity index (χ1n) is 8.39. The number of fused-ring (bicyclic) bond motifs is 1. The normalized spacial score (nSPS) is 15.0.